The van der Waals surface area contributed by atoms with Gasteiger partial charge in [0, 0.05) is 66.5 Å². The molecule has 0 fully saturated rings. The molecule has 0 radical (unpaired) electrons. The smallest absolute Gasteiger partial charge is 0.330 e. The van der Waals surface area contributed by atoms with Crippen LogP contribution in [0.1, 0.15) is 140 Å². The van der Waals surface area contributed by atoms with Gasteiger partial charge in [0.15, 0.2) is 0 Å². The molecule has 8 aromatic carbocycles. The molecule has 4 aliphatic heterocycles. The van der Waals surface area contributed by atoms with Crippen molar-refractivity contribution in [2.45, 2.75) is 147 Å². The fourth-order valence-corrected chi connectivity index (χ4v) is 18.5. The summed E-state index contributed by atoms with van der Waals surface area (Å²) < 4.78 is 0. The quantitative estimate of drug-likeness (QED) is 0.0840. The SMILES string of the molecule is CCCCc1ccc(N(c2ccc(CCCC)cc2)c2ccc3c(c2)N(c2ccccc2)B2C4=C5Sc6ccccc6C5(C)C5=C6C(C)(C=CC5C)c5cc(CCCC)ccc5N(c5c2c-3cc2c5C(C)(C)c3ccccc3-2)C46C)cc1. The third kappa shape index (κ3) is 7.04. The molecule has 0 saturated heterocycles. The van der Waals surface area contributed by atoms with Crippen LogP contribution in [0.2, 0.25) is 0 Å². The van der Waals surface area contributed by atoms with E-state index in [1.54, 1.807) is 11.1 Å². The number of thioether (sulfide) groups is 1. The average molecular weight is 1090 g/mol. The van der Waals surface area contributed by atoms with Gasteiger partial charge >= 0.3 is 6.85 Å². The highest BCUT2D eigenvalue weighted by molar-refractivity contribution is 8.03. The van der Waals surface area contributed by atoms with Crippen molar-refractivity contribution < 1.29 is 0 Å². The minimum Gasteiger partial charge on any atom is -0.376 e. The van der Waals surface area contributed by atoms with E-state index in [1.807, 2.05) is 0 Å². The van der Waals surface area contributed by atoms with Crippen molar-refractivity contribution in [1.82, 2.24) is 0 Å². The summed E-state index contributed by atoms with van der Waals surface area (Å²) in [6.45, 7) is 22.2. The highest BCUT2D eigenvalue weighted by Crippen LogP contribution is 2.73. The third-order valence-electron chi connectivity index (χ3n) is 20.7. The Morgan fingerprint density at radius 1 is 0.549 bits per heavy atom. The molecule has 408 valence electrons. The zero-order chi connectivity index (χ0) is 56.0. The van der Waals surface area contributed by atoms with Gasteiger partial charge in [0.1, 0.15) is 0 Å². The van der Waals surface area contributed by atoms with Gasteiger partial charge in [-0.3, -0.25) is 0 Å². The van der Waals surface area contributed by atoms with E-state index in [-0.39, 0.29) is 29.0 Å². The first-order valence-corrected chi connectivity index (χ1v) is 31.9. The number of anilines is 7. The Hall–Kier alpha value is -7.21. The summed E-state index contributed by atoms with van der Waals surface area (Å²) in [6, 6.07) is 67.1. The molecule has 0 saturated carbocycles. The van der Waals surface area contributed by atoms with Gasteiger partial charge in [-0.05, 0) is 215 Å². The molecular weight excluding hydrogens is 1010 g/mol. The van der Waals surface area contributed by atoms with Crippen molar-refractivity contribution >= 4 is 63.9 Å². The Labute approximate surface area is 493 Å². The Morgan fingerprint density at radius 2 is 1.16 bits per heavy atom. The summed E-state index contributed by atoms with van der Waals surface area (Å²) in [7, 11) is 0. The number of nitrogens with zero attached hydrogens (tertiary/aromatic N) is 3. The molecule has 0 amide bonds. The first-order valence-electron chi connectivity index (χ1n) is 31.0. The molecule has 5 heteroatoms. The molecule has 3 nitrogen and oxygen atoms in total. The standard InChI is InChI=1S/C77H76BN3S/c1-10-13-23-50-32-37-53(38-33-50)79(54-39-34-51(35-40-54)24-14-11-2)56-41-42-58-60-48-59-57-28-19-20-29-61(57)74(5,6)68(59)70-69(60)78(81(65(58)47-56)55-26-17-16-18-27-55)72-73-76(8,62-30-21-22-31-66(62)82-73)67-49(4)44-45-75(7)63-46-52(25-15-12-3)36-43-64(63)80(70)77(72,9)71(67)75/h16-22,26-49H,10-15,23-25H2,1-9H3. The zero-order valence-corrected chi connectivity index (χ0v) is 50.4. The van der Waals surface area contributed by atoms with Crippen molar-refractivity contribution in [2.24, 2.45) is 5.92 Å². The summed E-state index contributed by atoms with van der Waals surface area (Å²) in [5.41, 5.74) is 28.5. The van der Waals surface area contributed by atoms with Gasteiger partial charge < -0.3 is 14.6 Å². The number of aryl methyl sites for hydroxylation is 3. The van der Waals surface area contributed by atoms with E-state index in [9.17, 15) is 0 Å². The summed E-state index contributed by atoms with van der Waals surface area (Å²) in [5.74, 6) is 0.228. The summed E-state index contributed by atoms with van der Waals surface area (Å²) in [6.07, 6.45) is 15.6. The minimum atomic E-state index is -0.576. The number of fused-ring (bicyclic) bond motifs is 15. The Bertz CT molecular complexity index is 3980. The van der Waals surface area contributed by atoms with Crippen LogP contribution in [0.25, 0.3) is 22.3 Å². The monoisotopic (exact) mass is 1090 g/mol. The highest BCUT2D eigenvalue weighted by atomic mass is 32.2. The lowest BCUT2D eigenvalue weighted by atomic mass is 9.33. The van der Waals surface area contributed by atoms with E-state index in [2.05, 4.69) is 271 Å². The first-order chi connectivity index (χ1) is 39.9. The van der Waals surface area contributed by atoms with Crippen LogP contribution < -0.4 is 20.1 Å². The van der Waals surface area contributed by atoms with Crippen molar-refractivity contribution in [3.63, 3.8) is 0 Å². The van der Waals surface area contributed by atoms with Gasteiger partial charge in [0.25, 0.3) is 0 Å². The summed E-state index contributed by atoms with van der Waals surface area (Å²) in [4.78, 5) is 11.2. The highest BCUT2D eigenvalue weighted by Gasteiger charge is 2.69. The van der Waals surface area contributed by atoms with Crippen LogP contribution in [0, 0.1) is 5.92 Å². The second-order valence-electron chi connectivity index (χ2n) is 25.9. The maximum Gasteiger partial charge on any atom is 0.330 e. The maximum atomic E-state index is 2.97. The molecule has 82 heavy (non-hydrogen) atoms. The summed E-state index contributed by atoms with van der Waals surface area (Å²) >= 11 is 2.07. The molecule has 15 rings (SSSR count). The molecule has 0 spiro atoms. The zero-order valence-electron chi connectivity index (χ0n) is 49.6. The molecule has 4 heterocycles. The number of hydrogen-bond acceptors (Lipinski definition) is 4. The Morgan fingerprint density at radius 3 is 1.84 bits per heavy atom. The topological polar surface area (TPSA) is 9.72 Å². The molecule has 0 bridgehead atoms. The van der Waals surface area contributed by atoms with E-state index in [1.165, 1.54) is 155 Å². The van der Waals surface area contributed by atoms with Gasteiger partial charge in [-0.15, -0.1) is 0 Å². The van der Waals surface area contributed by atoms with Gasteiger partial charge in [-0.25, -0.2) is 0 Å². The normalized spacial score (nSPS) is 22.3. The molecule has 8 aromatic rings. The fourth-order valence-electron chi connectivity index (χ4n) is 16.9. The maximum absolute atomic E-state index is 2.97. The van der Waals surface area contributed by atoms with Crippen molar-refractivity contribution in [3.05, 3.63) is 242 Å². The number of para-hydroxylation sites is 1. The van der Waals surface area contributed by atoms with Crippen molar-refractivity contribution in [3.8, 4) is 22.3 Å². The third-order valence-corrected chi connectivity index (χ3v) is 22.1. The van der Waals surface area contributed by atoms with Gasteiger partial charge in [-0.2, -0.15) is 0 Å². The number of allylic oxidation sites excluding steroid dienone is 4. The molecule has 3 aliphatic carbocycles. The van der Waals surface area contributed by atoms with E-state index in [0.717, 1.165) is 24.9 Å². The van der Waals surface area contributed by atoms with E-state index < -0.39 is 5.54 Å². The molecule has 4 unspecified atom stereocenters. The first kappa shape index (κ1) is 51.7. The van der Waals surface area contributed by atoms with Crippen LogP contribution in [0.4, 0.5) is 39.8 Å². The largest absolute Gasteiger partial charge is 0.376 e. The summed E-state index contributed by atoms with van der Waals surface area (Å²) in [5, 5.41) is 0. The van der Waals surface area contributed by atoms with Crippen molar-refractivity contribution in [1.29, 1.82) is 0 Å². The Kier molecular flexibility index (Phi) is 11.9. The van der Waals surface area contributed by atoms with E-state index in [0.29, 0.717) is 0 Å². The molecule has 7 aliphatic rings. The second-order valence-corrected chi connectivity index (χ2v) is 27.0. The van der Waals surface area contributed by atoms with Crippen LogP contribution >= 0.6 is 11.8 Å². The van der Waals surface area contributed by atoms with Gasteiger partial charge in [0.05, 0.1) is 5.54 Å². The molecular formula is C77H76BN3S. The number of unbranched alkanes of at least 4 members (excludes halogenated alkanes) is 3. The predicted octanol–water partition coefficient (Wildman–Crippen LogP) is 20.1. The molecule has 0 N–H and O–H groups in total. The van der Waals surface area contributed by atoms with Crippen LogP contribution in [0.15, 0.2) is 208 Å². The van der Waals surface area contributed by atoms with Crippen LogP contribution in [-0.4, -0.2) is 12.4 Å². The lowest BCUT2D eigenvalue weighted by molar-refractivity contribution is 0.428. The predicted molar refractivity (Wildman–Crippen MR) is 350 cm³/mol. The Balaban J connectivity index is 1.08. The lowest BCUT2D eigenvalue weighted by Crippen LogP contribution is -2.71. The van der Waals surface area contributed by atoms with Crippen LogP contribution in [0.5, 0.6) is 0 Å². The fraction of sp³-hybridized carbons (Fsp3) is 0.299. The van der Waals surface area contributed by atoms with Gasteiger partial charge in [0.2, 0.25) is 0 Å². The molecule has 0 aromatic heterocycles. The van der Waals surface area contributed by atoms with E-state index in [4.69, 9.17) is 0 Å². The van der Waals surface area contributed by atoms with Crippen molar-refractivity contribution in [2.75, 3.05) is 14.6 Å². The van der Waals surface area contributed by atoms with E-state index >= 15 is 0 Å². The lowest BCUT2D eigenvalue weighted by Gasteiger charge is -2.66. The number of hydrogen-bond donors (Lipinski definition) is 0. The minimum absolute atomic E-state index is 0.161. The molecule has 4 atom stereocenters. The van der Waals surface area contributed by atoms with Crippen LogP contribution in [-0.2, 0) is 35.5 Å². The number of benzene rings is 8. The van der Waals surface area contributed by atoms with Gasteiger partial charge in [-0.1, -0.05) is 188 Å². The second kappa shape index (κ2) is 18.9. The van der Waals surface area contributed by atoms with Crippen LogP contribution in [0.3, 0.4) is 0 Å². The number of rotatable bonds is 13. The average Bonchev–Trinajstić information content (AvgIpc) is 1.31.